The molecular weight excluding hydrogens is 354 g/mol. The van der Waals surface area contributed by atoms with E-state index in [-0.39, 0.29) is 29.7 Å². The maximum absolute atomic E-state index is 12.8. The van der Waals surface area contributed by atoms with Crippen molar-refractivity contribution in [3.05, 3.63) is 65.7 Å². The van der Waals surface area contributed by atoms with Gasteiger partial charge in [-0.3, -0.25) is 14.4 Å². The molecule has 3 amide bonds. The zero-order valence-corrected chi connectivity index (χ0v) is 16.1. The summed E-state index contributed by atoms with van der Waals surface area (Å²) in [4.78, 5) is 37.4. The maximum Gasteiger partial charge on any atom is 0.251 e. The van der Waals surface area contributed by atoms with Crippen molar-refractivity contribution in [1.29, 1.82) is 0 Å². The first-order valence-corrected chi connectivity index (χ1v) is 9.51. The third-order valence-corrected chi connectivity index (χ3v) is 4.58. The average molecular weight is 379 g/mol. The molecule has 28 heavy (non-hydrogen) atoms. The van der Waals surface area contributed by atoms with Gasteiger partial charge in [0.2, 0.25) is 5.91 Å². The van der Waals surface area contributed by atoms with Crippen LogP contribution in [0, 0.1) is 5.92 Å². The Morgan fingerprint density at radius 1 is 0.893 bits per heavy atom. The fraction of sp³-hybridized carbons (Fsp3) is 0.318. The van der Waals surface area contributed by atoms with Crippen LogP contribution in [-0.4, -0.2) is 29.8 Å². The molecule has 0 aromatic heterocycles. The van der Waals surface area contributed by atoms with Crippen LogP contribution in [0.1, 0.15) is 47.4 Å². The lowest BCUT2D eigenvalue weighted by molar-refractivity contribution is -0.118. The molecule has 1 atom stereocenters. The number of benzene rings is 2. The van der Waals surface area contributed by atoms with Gasteiger partial charge in [0.1, 0.15) is 6.04 Å². The standard InChI is InChI=1S/C22H25N3O3/c1-14(2)19(25-20(26)15-7-4-3-5-8-15)22(28)24-18-10-6-9-16(13-18)21(27)23-17-11-12-17/h3-10,13-14,17,19H,11-12H2,1-2H3,(H,23,27)(H,24,28)(H,25,26). The molecule has 1 fully saturated rings. The molecule has 2 aromatic carbocycles. The van der Waals surface area contributed by atoms with Crippen LogP contribution < -0.4 is 16.0 Å². The second kappa shape index (κ2) is 8.69. The maximum atomic E-state index is 12.8. The SMILES string of the molecule is CC(C)C(NC(=O)c1ccccc1)C(=O)Nc1cccc(C(=O)NC2CC2)c1. The third-order valence-electron chi connectivity index (χ3n) is 4.58. The summed E-state index contributed by atoms with van der Waals surface area (Å²) >= 11 is 0. The lowest BCUT2D eigenvalue weighted by Crippen LogP contribution is -2.47. The van der Waals surface area contributed by atoms with Crippen molar-refractivity contribution < 1.29 is 14.4 Å². The lowest BCUT2D eigenvalue weighted by Gasteiger charge is -2.22. The van der Waals surface area contributed by atoms with Gasteiger partial charge >= 0.3 is 0 Å². The third kappa shape index (κ3) is 5.19. The highest BCUT2D eigenvalue weighted by atomic mass is 16.2. The van der Waals surface area contributed by atoms with Crippen LogP contribution in [0.15, 0.2) is 54.6 Å². The molecule has 6 heteroatoms. The summed E-state index contributed by atoms with van der Waals surface area (Å²) in [5.74, 6) is -0.864. The second-order valence-electron chi connectivity index (χ2n) is 7.38. The molecular formula is C22H25N3O3. The van der Waals surface area contributed by atoms with E-state index in [0.29, 0.717) is 16.8 Å². The summed E-state index contributed by atoms with van der Waals surface area (Å²) < 4.78 is 0. The minimum atomic E-state index is -0.698. The van der Waals surface area contributed by atoms with Gasteiger partial charge in [0, 0.05) is 22.9 Å². The second-order valence-corrected chi connectivity index (χ2v) is 7.38. The van der Waals surface area contributed by atoms with E-state index >= 15 is 0 Å². The number of hydrogen-bond donors (Lipinski definition) is 3. The molecule has 3 N–H and O–H groups in total. The molecule has 1 aliphatic carbocycles. The van der Waals surface area contributed by atoms with E-state index in [1.165, 1.54) is 0 Å². The van der Waals surface area contributed by atoms with E-state index in [1.54, 1.807) is 48.5 Å². The predicted octanol–water partition coefficient (Wildman–Crippen LogP) is 2.97. The Hall–Kier alpha value is -3.15. The van der Waals surface area contributed by atoms with Crippen molar-refractivity contribution >= 4 is 23.4 Å². The highest BCUT2D eigenvalue weighted by Crippen LogP contribution is 2.20. The van der Waals surface area contributed by atoms with Crippen LogP contribution in [0.25, 0.3) is 0 Å². The van der Waals surface area contributed by atoms with Gasteiger partial charge in [-0.1, -0.05) is 38.1 Å². The molecule has 0 bridgehead atoms. The molecule has 1 aliphatic rings. The molecule has 0 aliphatic heterocycles. The van der Waals surface area contributed by atoms with Crippen molar-refractivity contribution in [2.45, 2.75) is 38.8 Å². The van der Waals surface area contributed by atoms with Crippen LogP contribution >= 0.6 is 0 Å². The van der Waals surface area contributed by atoms with Crippen LogP contribution in [-0.2, 0) is 4.79 Å². The topological polar surface area (TPSA) is 87.3 Å². The Morgan fingerprint density at radius 2 is 1.57 bits per heavy atom. The minimum Gasteiger partial charge on any atom is -0.349 e. The van der Waals surface area contributed by atoms with E-state index in [0.717, 1.165) is 12.8 Å². The number of anilines is 1. The summed E-state index contributed by atoms with van der Waals surface area (Å²) in [6, 6.07) is 15.2. The van der Waals surface area contributed by atoms with Crippen LogP contribution in [0.2, 0.25) is 0 Å². The first-order chi connectivity index (χ1) is 13.4. The van der Waals surface area contributed by atoms with Gasteiger partial charge in [-0.2, -0.15) is 0 Å². The number of rotatable bonds is 7. The smallest absolute Gasteiger partial charge is 0.251 e. The predicted molar refractivity (Wildman–Crippen MR) is 108 cm³/mol. The van der Waals surface area contributed by atoms with Crippen molar-refractivity contribution in [2.75, 3.05) is 5.32 Å². The Morgan fingerprint density at radius 3 is 2.21 bits per heavy atom. The molecule has 6 nitrogen and oxygen atoms in total. The largest absolute Gasteiger partial charge is 0.349 e. The molecule has 0 heterocycles. The fourth-order valence-electron chi connectivity index (χ4n) is 2.80. The molecule has 0 saturated heterocycles. The van der Waals surface area contributed by atoms with E-state index in [1.807, 2.05) is 19.9 Å². The van der Waals surface area contributed by atoms with Gasteiger partial charge in [-0.25, -0.2) is 0 Å². The Bertz CT molecular complexity index is 860. The van der Waals surface area contributed by atoms with E-state index in [4.69, 9.17) is 0 Å². The highest BCUT2D eigenvalue weighted by molar-refractivity contribution is 6.02. The zero-order valence-electron chi connectivity index (χ0n) is 16.1. The van der Waals surface area contributed by atoms with E-state index in [2.05, 4.69) is 16.0 Å². The molecule has 3 rings (SSSR count). The summed E-state index contributed by atoms with van der Waals surface area (Å²) in [5, 5.41) is 8.53. The van der Waals surface area contributed by atoms with Crippen molar-refractivity contribution in [1.82, 2.24) is 10.6 Å². The first-order valence-electron chi connectivity index (χ1n) is 9.51. The highest BCUT2D eigenvalue weighted by Gasteiger charge is 2.26. The molecule has 2 aromatic rings. The first kappa shape index (κ1) is 19.6. The summed E-state index contributed by atoms with van der Waals surface area (Å²) in [7, 11) is 0. The van der Waals surface area contributed by atoms with Crippen molar-refractivity contribution in [2.24, 2.45) is 5.92 Å². The molecule has 0 spiro atoms. The van der Waals surface area contributed by atoms with Gasteiger partial charge in [0.05, 0.1) is 0 Å². The quantitative estimate of drug-likeness (QED) is 0.691. The van der Waals surface area contributed by atoms with Gasteiger partial charge in [-0.05, 0) is 49.1 Å². The monoisotopic (exact) mass is 379 g/mol. The van der Waals surface area contributed by atoms with Gasteiger partial charge in [0.25, 0.3) is 11.8 Å². The zero-order chi connectivity index (χ0) is 20.1. The van der Waals surface area contributed by atoms with E-state index < -0.39 is 6.04 Å². The number of hydrogen-bond acceptors (Lipinski definition) is 3. The van der Waals surface area contributed by atoms with E-state index in [9.17, 15) is 14.4 Å². The van der Waals surface area contributed by atoms with Crippen LogP contribution in [0.3, 0.4) is 0 Å². The summed E-state index contributed by atoms with van der Waals surface area (Å²) in [6.45, 7) is 3.74. The Balaban J connectivity index is 1.67. The molecule has 0 radical (unpaired) electrons. The van der Waals surface area contributed by atoms with Crippen molar-refractivity contribution in [3.8, 4) is 0 Å². The molecule has 1 unspecified atom stereocenters. The minimum absolute atomic E-state index is 0.103. The number of nitrogens with one attached hydrogen (secondary N) is 3. The average Bonchev–Trinajstić information content (AvgIpc) is 3.50. The number of carbonyl (C=O) groups excluding carboxylic acids is 3. The normalized spacial score (nSPS) is 14.2. The summed E-state index contributed by atoms with van der Waals surface area (Å²) in [6.07, 6.45) is 2.03. The number of amides is 3. The summed E-state index contributed by atoms with van der Waals surface area (Å²) in [5.41, 5.74) is 1.52. The molecule has 146 valence electrons. The number of carbonyl (C=O) groups is 3. The van der Waals surface area contributed by atoms with Crippen LogP contribution in [0.4, 0.5) is 5.69 Å². The Kier molecular flexibility index (Phi) is 6.09. The van der Waals surface area contributed by atoms with Crippen molar-refractivity contribution in [3.63, 3.8) is 0 Å². The van der Waals surface area contributed by atoms with Gasteiger partial charge in [-0.15, -0.1) is 0 Å². The van der Waals surface area contributed by atoms with Gasteiger partial charge < -0.3 is 16.0 Å². The van der Waals surface area contributed by atoms with Gasteiger partial charge in [0.15, 0.2) is 0 Å². The fourth-order valence-corrected chi connectivity index (χ4v) is 2.80. The van der Waals surface area contributed by atoms with Crippen LogP contribution in [0.5, 0.6) is 0 Å². The Labute approximate surface area is 164 Å². The lowest BCUT2D eigenvalue weighted by atomic mass is 10.0. The molecule has 1 saturated carbocycles.